The van der Waals surface area contributed by atoms with Crippen LogP contribution in [0.5, 0.6) is 5.75 Å². The van der Waals surface area contributed by atoms with Gasteiger partial charge >= 0.3 is 0 Å². The number of nitrogens with two attached hydrogens (primary N) is 1. The first-order valence-electron chi connectivity index (χ1n) is 6.46. The highest BCUT2D eigenvalue weighted by Crippen LogP contribution is 2.23. The molecule has 21 heavy (non-hydrogen) atoms. The zero-order valence-electron chi connectivity index (χ0n) is 11.6. The van der Waals surface area contributed by atoms with Crippen LogP contribution >= 0.6 is 11.6 Å². The molecule has 0 fully saturated rings. The topological polar surface area (TPSA) is 35.2 Å². The minimum Gasteiger partial charge on any atom is -0.489 e. The second-order valence-corrected chi connectivity index (χ2v) is 4.99. The van der Waals surface area contributed by atoms with Gasteiger partial charge in [-0.15, -0.1) is 0 Å². The Balaban J connectivity index is 2.14. The van der Waals surface area contributed by atoms with Crippen molar-refractivity contribution >= 4 is 11.6 Å². The Morgan fingerprint density at radius 1 is 1.24 bits per heavy atom. The molecule has 2 N–H and O–H groups in total. The molecule has 2 aromatic carbocycles. The summed E-state index contributed by atoms with van der Waals surface area (Å²) in [6, 6.07) is 9.97. The maximum absolute atomic E-state index is 13.5. The molecule has 0 spiro atoms. The van der Waals surface area contributed by atoms with Gasteiger partial charge in [-0.3, -0.25) is 0 Å². The van der Waals surface area contributed by atoms with E-state index in [1.54, 1.807) is 18.2 Å². The van der Waals surface area contributed by atoms with Gasteiger partial charge in [-0.2, -0.15) is 0 Å². The third kappa shape index (κ3) is 4.49. The van der Waals surface area contributed by atoms with E-state index in [0.717, 1.165) is 11.3 Å². The molecule has 0 saturated carbocycles. The Bertz CT molecular complexity index is 704. The molecule has 0 unspecified atom stereocenters. The molecule has 4 heteroatoms. The maximum Gasteiger partial charge on any atom is 0.124 e. The van der Waals surface area contributed by atoms with Crippen LogP contribution in [-0.2, 0) is 6.61 Å². The highest BCUT2D eigenvalue weighted by Gasteiger charge is 2.03. The van der Waals surface area contributed by atoms with Gasteiger partial charge in [0.05, 0.1) is 6.54 Å². The summed E-state index contributed by atoms with van der Waals surface area (Å²) in [5.41, 5.74) is 7.55. The number of rotatable bonds is 3. The molecule has 0 aliphatic rings. The van der Waals surface area contributed by atoms with Gasteiger partial charge in [-0.25, -0.2) is 4.39 Å². The smallest absolute Gasteiger partial charge is 0.124 e. The van der Waals surface area contributed by atoms with E-state index in [2.05, 4.69) is 11.8 Å². The average molecular weight is 304 g/mol. The number of hydrogen-bond donors (Lipinski definition) is 1. The van der Waals surface area contributed by atoms with E-state index in [-0.39, 0.29) is 19.0 Å². The Labute approximate surface area is 128 Å². The fourth-order valence-corrected chi connectivity index (χ4v) is 2.12. The highest BCUT2D eigenvalue weighted by molar-refractivity contribution is 6.30. The predicted molar refractivity (Wildman–Crippen MR) is 82.9 cm³/mol. The summed E-state index contributed by atoms with van der Waals surface area (Å²) >= 11 is 5.89. The lowest BCUT2D eigenvalue weighted by Gasteiger charge is -2.10. The van der Waals surface area contributed by atoms with Crippen LogP contribution < -0.4 is 10.5 Å². The van der Waals surface area contributed by atoms with Crippen molar-refractivity contribution in [3.8, 4) is 17.6 Å². The molecule has 0 aliphatic carbocycles. The van der Waals surface area contributed by atoms with Gasteiger partial charge in [0.2, 0.25) is 0 Å². The fourth-order valence-electron chi connectivity index (χ4n) is 1.89. The van der Waals surface area contributed by atoms with Crippen LogP contribution in [0.25, 0.3) is 0 Å². The monoisotopic (exact) mass is 303 g/mol. The minimum atomic E-state index is -0.342. The number of hydrogen-bond acceptors (Lipinski definition) is 2. The zero-order chi connectivity index (χ0) is 15.2. The molecule has 2 nitrogen and oxygen atoms in total. The Hall–Kier alpha value is -2.02. The summed E-state index contributed by atoms with van der Waals surface area (Å²) in [4.78, 5) is 0. The second kappa shape index (κ2) is 7.12. The molecule has 2 rings (SSSR count). The van der Waals surface area contributed by atoms with Crippen molar-refractivity contribution in [3.63, 3.8) is 0 Å². The van der Waals surface area contributed by atoms with Crippen LogP contribution in [0, 0.1) is 24.6 Å². The van der Waals surface area contributed by atoms with Gasteiger partial charge in [0.25, 0.3) is 0 Å². The number of aryl methyl sites for hydroxylation is 1. The van der Waals surface area contributed by atoms with Gasteiger partial charge in [-0.1, -0.05) is 23.4 Å². The van der Waals surface area contributed by atoms with E-state index in [9.17, 15) is 4.39 Å². The Kier molecular flexibility index (Phi) is 5.21. The molecule has 0 saturated heterocycles. The van der Waals surface area contributed by atoms with E-state index in [1.165, 1.54) is 12.1 Å². The molecular formula is C17H15ClFNO. The molecule has 0 radical (unpaired) electrons. The summed E-state index contributed by atoms with van der Waals surface area (Å²) < 4.78 is 19.2. The standard InChI is InChI=1S/C17H15ClFNO/c1-12-7-15(18)4-5-17(12)21-11-14-8-13(3-2-6-20)9-16(19)10-14/h4-5,7-10H,6,11,20H2,1H3. The Morgan fingerprint density at radius 3 is 2.76 bits per heavy atom. The summed E-state index contributed by atoms with van der Waals surface area (Å²) in [5.74, 6) is 5.90. The lowest BCUT2D eigenvalue weighted by atomic mass is 10.1. The molecule has 0 aliphatic heterocycles. The molecule has 108 valence electrons. The average Bonchev–Trinajstić information content (AvgIpc) is 2.43. The van der Waals surface area contributed by atoms with E-state index in [0.29, 0.717) is 16.1 Å². The van der Waals surface area contributed by atoms with Crippen LogP contribution in [0.1, 0.15) is 16.7 Å². The largest absolute Gasteiger partial charge is 0.489 e. The summed E-state index contributed by atoms with van der Waals surface area (Å²) in [5, 5.41) is 0.657. The number of benzene rings is 2. The molecule has 0 atom stereocenters. The van der Waals surface area contributed by atoms with E-state index < -0.39 is 0 Å². The van der Waals surface area contributed by atoms with Gasteiger partial charge in [0.1, 0.15) is 18.2 Å². The minimum absolute atomic E-state index is 0.242. The van der Waals surface area contributed by atoms with Crippen LogP contribution in [0.3, 0.4) is 0 Å². The van der Waals surface area contributed by atoms with E-state index in [4.69, 9.17) is 22.1 Å². The quantitative estimate of drug-likeness (QED) is 0.878. The normalized spacial score (nSPS) is 9.90. The SMILES string of the molecule is Cc1cc(Cl)ccc1OCc1cc(F)cc(C#CCN)c1. The first-order valence-corrected chi connectivity index (χ1v) is 6.83. The van der Waals surface area contributed by atoms with Gasteiger partial charge in [0, 0.05) is 10.6 Å². The van der Waals surface area contributed by atoms with Gasteiger partial charge < -0.3 is 10.5 Å². The van der Waals surface area contributed by atoms with Crippen LogP contribution in [0.2, 0.25) is 5.02 Å². The Morgan fingerprint density at radius 2 is 2.05 bits per heavy atom. The molecule has 0 bridgehead atoms. The molecular weight excluding hydrogens is 289 g/mol. The summed E-state index contributed by atoms with van der Waals surface area (Å²) in [6.07, 6.45) is 0. The number of ether oxygens (including phenoxy) is 1. The number of halogens is 2. The van der Waals surface area contributed by atoms with Crippen molar-refractivity contribution in [2.24, 2.45) is 5.73 Å². The van der Waals surface area contributed by atoms with Crippen molar-refractivity contribution in [1.82, 2.24) is 0 Å². The molecule has 0 aromatic heterocycles. The summed E-state index contributed by atoms with van der Waals surface area (Å²) in [7, 11) is 0. The molecule has 0 heterocycles. The van der Waals surface area contributed by atoms with Crippen molar-refractivity contribution in [2.75, 3.05) is 6.54 Å². The fraction of sp³-hybridized carbons (Fsp3) is 0.176. The van der Waals surface area contributed by atoms with Gasteiger partial charge in [0.15, 0.2) is 0 Å². The lowest BCUT2D eigenvalue weighted by molar-refractivity contribution is 0.303. The first kappa shape index (κ1) is 15.4. The maximum atomic E-state index is 13.5. The van der Waals surface area contributed by atoms with E-state index in [1.807, 2.05) is 13.0 Å². The van der Waals surface area contributed by atoms with Crippen LogP contribution in [-0.4, -0.2) is 6.54 Å². The van der Waals surface area contributed by atoms with Crippen molar-refractivity contribution in [2.45, 2.75) is 13.5 Å². The highest BCUT2D eigenvalue weighted by atomic mass is 35.5. The molecule has 2 aromatic rings. The molecule has 0 amide bonds. The van der Waals surface area contributed by atoms with Crippen molar-refractivity contribution in [1.29, 1.82) is 0 Å². The summed E-state index contributed by atoms with van der Waals surface area (Å²) in [6.45, 7) is 2.41. The van der Waals surface area contributed by atoms with Crippen LogP contribution in [0.15, 0.2) is 36.4 Å². The third-order valence-electron chi connectivity index (χ3n) is 2.82. The third-order valence-corrected chi connectivity index (χ3v) is 3.06. The van der Waals surface area contributed by atoms with E-state index >= 15 is 0 Å². The zero-order valence-corrected chi connectivity index (χ0v) is 12.4. The van der Waals surface area contributed by atoms with Crippen LogP contribution in [0.4, 0.5) is 4.39 Å². The van der Waals surface area contributed by atoms with Crippen molar-refractivity contribution in [3.05, 3.63) is 63.9 Å². The lowest BCUT2D eigenvalue weighted by Crippen LogP contribution is -1.99. The predicted octanol–water partition coefficient (Wildman–Crippen LogP) is 3.68. The first-order chi connectivity index (χ1) is 10.1. The van der Waals surface area contributed by atoms with Crippen molar-refractivity contribution < 1.29 is 9.13 Å². The van der Waals surface area contributed by atoms with Gasteiger partial charge in [-0.05, 0) is 54.4 Å². The second-order valence-electron chi connectivity index (χ2n) is 4.55.